The third kappa shape index (κ3) is 7.29. The fourth-order valence-electron chi connectivity index (χ4n) is 4.03. The van der Waals surface area contributed by atoms with E-state index in [9.17, 15) is 9.59 Å². The lowest BCUT2D eigenvalue weighted by Gasteiger charge is -2.22. The number of nitrogens with zero attached hydrogens (tertiary/aromatic N) is 2. The number of hydrogen-bond donors (Lipinski definition) is 2. The van der Waals surface area contributed by atoms with Crippen molar-refractivity contribution in [1.82, 2.24) is 14.9 Å². The van der Waals surface area contributed by atoms with E-state index in [1.165, 1.54) is 0 Å². The molecule has 2 atom stereocenters. The topological polar surface area (TPSA) is 94.5 Å². The zero-order valence-electron chi connectivity index (χ0n) is 21.0. The molecule has 0 unspecified atom stereocenters. The van der Waals surface area contributed by atoms with Gasteiger partial charge in [0.2, 0.25) is 0 Å². The van der Waals surface area contributed by atoms with Crippen LogP contribution >= 0.6 is 15.9 Å². The van der Waals surface area contributed by atoms with Gasteiger partial charge >= 0.3 is 6.09 Å². The van der Waals surface area contributed by atoms with Crippen molar-refractivity contribution in [1.29, 1.82) is 0 Å². The Labute approximate surface area is 211 Å². The number of rotatable bonds is 9. The molecule has 0 aromatic carbocycles. The lowest BCUT2D eigenvalue weighted by atomic mass is 10.1. The molecule has 0 bridgehead atoms. The highest BCUT2D eigenvalue weighted by Crippen LogP contribution is 2.35. The molecule has 34 heavy (non-hydrogen) atoms. The molecule has 10 heteroatoms. The highest BCUT2D eigenvalue weighted by molar-refractivity contribution is 9.10. The molecule has 3 rings (SSSR count). The van der Waals surface area contributed by atoms with Crippen LogP contribution < -0.4 is 10.6 Å². The second kappa shape index (κ2) is 10.8. The first kappa shape index (κ1) is 26.7. The van der Waals surface area contributed by atoms with E-state index >= 15 is 0 Å². The molecule has 1 saturated carbocycles. The fraction of sp³-hybridized carbons (Fsp3) is 0.625. The Morgan fingerprint density at radius 3 is 2.65 bits per heavy atom. The summed E-state index contributed by atoms with van der Waals surface area (Å²) in [5.41, 5.74) is 1.50. The summed E-state index contributed by atoms with van der Waals surface area (Å²) >= 11 is 3.66. The van der Waals surface area contributed by atoms with Crippen LogP contribution in [-0.4, -0.2) is 54.3 Å². The van der Waals surface area contributed by atoms with Gasteiger partial charge in [-0.3, -0.25) is 4.79 Å². The average molecular weight is 554 g/mol. The van der Waals surface area contributed by atoms with Crippen LogP contribution in [-0.2, 0) is 16.2 Å². The number of aromatic nitrogens is 2. The zero-order chi connectivity index (χ0) is 25.1. The number of nitrogens with one attached hydrogen (secondary N) is 2. The summed E-state index contributed by atoms with van der Waals surface area (Å²) in [4.78, 5) is 28.5. The van der Waals surface area contributed by atoms with E-state index in [1.807, 2.05) is 31.5 Å². The first-order valence-corrected chi connectivity index (χ1v) is 16.3. The molecule has 1 fully saturated rings. The van der Waals surface area contributed by atoms with Gasteiger partial charge in [-0.15, -0.1) is 0 Å². The van der Waals surface area contributed by atoms with Gasteiger partial charge in [0.1, 0.15) is 18.0 Å². The van der Waals surface area contributed by atoms with Crippen molar-refractivity contribution in [3.63, 3.8) is 0 Å². The minimum Gasteiger partial charge on any atom is -0.444 e. The average Bonchev–Trinajstić information content (AvgIpc) is 3.27. The van der Waals surface area contributed by atoms with Gasteiger partial charge in [0.15, 0.2) is 6.29 Å². The molecule has 1 aliphatic carbocycles. The highest BCUT2D eigenvalue weighted by Gasteiger charge is 2.29. The number of hydrogen-bond acceptors (Lipinski definition) is 6. The smallest absolute Gasteiger partial charge is 0.407 e. The monoisotopic (exact) mass is 552 g/mol. The number of carbonyl (C=O) groups is 2. The quantitative estimate of drug-likeness (QED) is 0.232. The summed E-state index contributed by atoms with van der Waals surface area (Å²) in [7, 11) is -1.16. The normalized spacial score (nSPS) is 18.8. The van der Waals surface area contributed by atoms with E-state index in [0.717, 1.165) is 59.4 Å². The van der Waals surface area contributed by atoms with Crippen LogP contribution in [0.4, 0.5) is 10.5 Å². The summed E-state index contributed by atoms with van der Waals surface area (Å²) in [6, 6.07) is 1.24. The number of carbonyl (C=O) groups excluding carboxylic acids is 2. The first-order valence-electron chi connectivity index (χ1n) is 11.8. The van der Waals surface area contributed by atoms with Crippen LogP contribution in [0.1, 0.15) is 50.4 Å². The number of amides is 1. The van der Waals surface area contributed by atoms with Crippen molar-refractivity contribution in [2.24, 2.45) is 0 Å². The lowest BCUT2D eigenvalue weighted by Crippen LogP contribution is -2.38. The van der Waals surface area contributed by atoms with E-state index in [2.05, 4.69) is 51.2 Å². The Balaban J connectivity index is 1.71. The van der Waals surface area contributed by atoms with Crippen molar-refractivity contribution in [2.75, 3.05) is 11.9 Å². The van der Waals surface area contributed by atoms with E-state index in [-0.39, 0.29) is 12.1 Å². The number of alkyl carbamates (subject to hydrolysis) is 1. The Hall–Kier alpha value is -1.91. The molecule has 1 amide bonds. The van der Waals surface area contributed by atoms with Gasteiger partial charge in [-0.1, -0.05) is 19.6 Å². The van der Waals surface area contributed by atoms with Gasteiger partial charge in [-0.05, 0) is 62.0 Å². The zero-order valence-corrected chi connectivity index (χ0v) is 23.6. The number of aldehydes is 1. The van der Waals surface area contributed by atoms with Crippen molar-refractivity contribution >= 4 is 53.1 Å². The Kier molecular flexibility index (Phi) is 8.46. The fourth-order valence-corrected chi connectivity index (χ4v) is 5.41. The second-order valence-corrected chi connectivity index (χ2v) is 17.7. The van der Waals surface area contributed by atoms with E-state index in [4.69, 9.17) is 9.47 Å². The molecule has 2 aromatic rings. The summed E-state index contributed by atoms with van der Waals surface area (Å²) in [6.07, 6.45) is 6.46. The van der Waals surface area contributed by atoms with E-state index in [0.29, 0.717) is 12.3 Å². The molecule has 0 radical (unpaired) electrons. The standard InChI is InChI=1S/C24H37BrN4O4Si/c1-24(2,3)33-23(31)28-18-8-7-17(11-18)27-21-16(14-30)12-26-22-20(21)19(25)13-29(22)15-32-9-10-34(4,5)6/h12-14,17-18H,7-11,15H2,1-6H3,(H,26,27)(H,28,31)/t17-,18-/m1/s1. The molecule has 188 valence electrons. The Morgan fingerprint density at radius 2 is 2.00 bits per heavy atom. The van der Waals surface area contributed by atoms with Gasteiger partial charge in [0, 0.05) is 43.6 Å². The summed E-state index contributed by atoms with van der Waals surface area (Å²) in [6.45, 7) is 13.7. The maximum absolute atomic E-state index is 12.1. The number of ether oxygens (including phenoxy) is 2. The Bertz CT molecular complexity index is 1030. The Morgan fingerprint density at radius 1 is 1.29 bits per heavy atom. The van der Waals surface area contributed by atoms with Crippen LogP contribution in [0.2, 0.25) is 25.7 Å². The number of halogens is 1. The minimum absolute atomic E-state index is 0.0252. The molecular formula is C24H37BrN4O4Si. The number of pyridine rings is 1. The molecule has 0 saturated heterocycles. The number of anilines is 1. The lowest BCUT2D eigenvalue weighted by molar-refractivity contribution is 0.0505. The van der Waals surface area contributed by atoms with Gasteiger partial charge in [0.25, 0.3) is 0 Å². The minimum atomic E-state index is -1.16. The third-order valence-corrected chi connectivity index (χ3v) is 8.03. The first-order chi connectivity index (χ1) is 15.9. The summed E-state index contributed by atoms with van der Waals surface area (Å²) in [5, 5.41) is 7.38. The second-order valence-electron chi connectivity index (χ2n) is 11.2. The van der Waals surface area contributed by atoms with Gasteiger partial charge in [0.05, 0.1) is 16.6 Å². The van der Waals surface area contributed by atoms with E-state index in [1.54, 1.807) is 6.20 Å². The van der Waals surface area contributed by atoms with Crippen molar-refractivity contribution in [3.05, 3.63) is 22.4 Å². The summed E-state index contributed by atoms with van der Waals surface area (Å²) in [5.74, 6) is 0. The predicted molar refractivity (Wildman–Crippen MR) is 141 cm³/mol. The largest absolute Gasteiger partial charge is 0.444 e. The van der Waals surface area contributed by atoms with Crippen LogP contribution in [0.3, 0.4) is 0 Å². The molecular weight excluding hydrogens is 516 g/mol. The maximum Gasteiger partial charge on any atom is 0.407 e. The van der Waals surface area contributed by atoms with Crippen LogP contribution in [0.15, 0.2) is 16.9 Å². The molecule has 1 aliphatic rings. The summed E-state index contributed by atoms with van der Waals surface area (Å²) < 4.78 is 14.1. The molecule has 8 nitrogen and oxygen atoms in total. The number of fused-ring (bicyclic) bond motifs is 1. The van der Waals surface area contributed by atoms with Crippen molar-refractivity contribution < 1.29 is 19.1 Å². The molecule has 0 spiro atoms. The van der Waals surface area contributed by atoms with Gasteiger partial charge in [-0.2, -0.15) is 0 Å². The third-order valence-electron chi connectivity index (χ3n) is 5.72. The van der Waals surface area contributed by atoms with Crippen LogP contribution in [0.5, 0.6) is 0 Å². The van der Waals surface area contributed by atoms with Crippen LogP contribution in [0, 0.1) is 0 Å². The maximum atomic E-state index is 12.1. The molecule has 2 aromatic heterocycles. The highest BCUT2D eigenvalue weighted by atomic mass is 79.9. The van der Waals surface area contributed by atoms with Crippen LogP contribution in [0.25, 0.3) is 11.0 Å². The van der Waals surface area contributed by atoms with Gasteiger partial charge < -0.3 is 24.7 Å². The van der Waals surface area contributed by atoms with E-state index < -0.39 is 19.8 Å². The van der Waals surface area contributed by atoms with Gasteiger partial charge in [-0.25, -0.2) is 9.78 Å². The predicted octanol–water partition coefficient (Wildman–Crippen LogP) is 5.78. The SMILES string of the molecule is CC(C)(C)OC(=O)N[C@@H]1CC[C@@H](Nc2c(C=O)cnc3c2c(Br)cn3COCC[Si](C)(C)C)C1. The van der Waals surface area contributed by atoms with Crippen molar-refractivity contribution in [3.8, 4) is 0 Å². The molecule has 0 aliphatic heterocycles. The van der Waals surface area contributed by atoms with Crippen molar-refractivity contribution in [2.45, 2.75) is 90.1 Å². The molecule has 2 N–H and O–H groups in total. The molecule has 2 heterocycles.